The van der Waals surface area contributed by atoms with Crippen LogP contribution in [0.15, 0.2) is 30.3 Å². The van der Waals surface area contributed by atoms with Crippen molar-refractivity contribution >= 4 is 17.3 Å². The smallest absolute Gasteiger partial charge is 0.170 e. The number of hydrogen-bond acceptors (Lipinski definition) is 3. The highest BCUT2D eigenvalue weighted by atomic mass is 16.2. The first-order valence-electron chi connectivity index (χ1n) is 6.71. The maximum atomic E-state index is 12.5. The Labute approximate surface area is 112 Å². The number of fused-ring (bicyclic) bond motifs is 3. The summed E-state index contributed by atoms with van der Waals surface area (Å²) in [6.45, 7) is 1.95. The number of carbonyl (C=O) groups is 3. The zero-order valence-electron chi connectivity index (χ0n) is 10.9. The van der Waals surface area contributed by atoms with Gasteiger partial charge in [-0.05, 0) is 17.4 Å². The van der Waals surface area contributed by atoms with Crippen molar-refractivity contribution in [2.45, 2.75) is 38.0 Å². The molecule has 98 valence electrons. The Morgan fingerprint density at radius 1 is 0.895 bits per heavy atom. The zero-order chi connectivity index (χ0) is 13.7. The maximum Gasteiger partial charge on any atom is 0.170 e. The number of benzene rings is 1. The third-order valence-electron chi connectivity index (χ3n) is 4.82. The lowest BCUT2D eigenvalue weighted by Gasteiger charge is -2.49. The lowest BCUT2D eigenvalue weighted by molar-refractivity contribution is -0.157. The summed E-state index contributed by atoms with van der Waals surface area (Å²) < 4.78 is 0. The van der Waals surface area contributed by atoms with Gasteiger partial charge in [-0.1, -0.05) is 37.3 Å². The first-order chi connectivity index (χ1) is 9.05. The van der Waals surface area contributed by atoms with Crippen LogP contribution in [0.25, 0.3) is 0 Å². The number of hydrogen-bond donors (Lipinski definition) is 0. The Kier molecular flexibility index (Phi) is 2.49. The highest BCUT2D eigenvalue weighted by Gasteiger charge is 2.64. The molecule has 0 aromatic heterocycles. The fourth-order valence-electron chi connectivity index (χ4n) is 3.62. The molecule has 0 amide bonds. The predicted molar refractivity (Wildman–Crippen MR) is 69.7 cm³/mol. The largest absolute Gasteiger partial charge is 0.298 e. The molecule has 0 spiro atoms. The normalized spacial score (nSPS) is 33.8. The minimum absolute atomic E-state index is 0.201. The van der Waals surface area contributed by atoms with E-state index in [4.69, 9.17) is 0 Å². The van der Waals surface area contributed by atoms with E-state index < -0.39 is 10.8 Å². The van der Waals surface area contributed by atoms with E-state index in [9.17, 15) is 14.4 Å². The molecule has 3 heteroatoms. The van der Waals surface area contributed by atoms with Crippen molar-refractivity contribution in [1.82, 2.24) is 0 Å². The third-order valence-corrected chi connectivity index (χ3v) is 4.82. The van der Waals surface area contributed by atoms with Crippen LogP contribution in [-0.4, -0.2) is 17.3 Å². The minimum atomic E-state index is -1.49. The summed E-state index contributed by atoms with van der Waals surface area (Å²) in [4.78, 5) is 37.6. The SMILES string of the molecule is CCC12CC(=O)C(c3ccccc3)(C(=O)C1)C(=O)C2. The fourth-order valence-corrected chi connectivity index (χ4v) is 3.62. The van der Waals surface area contributed by atoms with Crippen molar-refractivity contribution in [2.24, 2.45) is 5.41 Å². The molecule has 1 aromatic carbocycles. The van der Waals surface area contributed by atoms with Crippen molar-refractivity contribution in [3.8, 4) is 0 Å². The molecule has 3 fully saturated rings. The molecule has 0 radical (unpaired) electrons. The second-order valence-corrected chi connectivity index (χ2v) is 5.77. The Bertz CT molecular complexity index is 523. The van der Waals surface area contributed by atoms with E-state index in [1.54, 1.807) is 24.3 Å². The summed E-state index contributed by atoms with van der Waals surface area (Å²) in [7, 11) is 0. The van der Waals surface area contributed by atoms with Crippen molar-refractivity contribution in [2.75, 3.05) is 0 Å². The molecule has 1 aromatic rings. The summed E-state index contributed by atoms with van der Waals surface area (Å²) in [5, 5.41) is 0. The Balaban J connectivity index is 2.19. The summed E-state index contributed by atoms with van der Waals surface area (Å²) in [6, 6.07) is 8.81. The third kappa shape index (κ3) is 1.41. The standard InChI is InChI=1S/C16H16O3/c1-2-15-8-12(17)16(13(18)9-15,14(19)10-15)11-6-4-3-5-7-11/h3-7H,2,8-10H2,1H3. The fraction of sp³-hybridized carbons (Fsp3) is 0.438. The quantitative estimate of drug-likeness (QED) is 0.762. The van der Waals surface area contributed by atoms with E-state index in [0.29, 0.717) is 31.2 Å². The van der Waals surface area contributed by atoms with Crippen LogP contribution in [0.2, 0.25) is 0 Å². The van der Waals surface area contributed by atoms with Gasteiger partial charge in [0, 0.05) is 19.3 Å². The molecule has 0 aliphatic heterocycles. The summed E-state index contributed by atoms with van der Waals surface area (Å²) in [6.07, 6.45) is 1.78. The molecule has 0 saturated heterocycles. The Hall–Kier alpha value is -1.77. The van der Waals surface area contributed by atoms with Gasteiger partial charge >= 0.3 is 0 Å². The van der Waals surface area contributed by atoms with Crippen LogP contribution in [0.3, 0.4) is 0 Å². The van der Waals surface area contributed by atoms with Crippen molar-refractivity contribution in [1.29, 1.82) is 0 Å². The summed E-state index contributed by atoms with van der Waals surface area (Å²) in [5.41, 5.74) is -1.33. The van der Waals surface area contributed by atoms with Crippen LogP contribution in [-0.2, 0) is 19.8 Å². The van der Waals surface area contributed by atoms with Gasteiger partial charge in [-0.15, -0.1) is 0 Å². The van der Waals surface area contributed by atoms with Crippen molar-refractivity contribution < 1.29 is 14.4 Å². The van der Waals surface area contributed by atoms with Gasteiger partial charge in [0.15, 0.2) is 22.8 Å². The van der Waals surface area contributed by atoms with Crippen molar-refractivity contribution in [3.63, 3.8) is 0 Å². The monoisotopic (exact) mass is 256 g/mol. The minimum Gasteiger partial charge on any atom is -0.298 e. The first kappa shape index (κ1) is 12.3. The molecule has 3 saturated carbocycles. The molecule has 3 nitrogen and oxygen atoms in total. The summed E-state index contributed by atoms with van der Waals surface area (Å²) in [5.74, 6) is -0.603. The van der Waals surface area contributed by atoms with E-state index in [0.717, 1.165) is 0 Å². The van der Waals surface area contributed by atoms with Crippen LogP contribution in [0.5, 0.6) is 0 Å². The Morgan fingerprint density at radius 3 is 1.79 bits per heavy atom. The summed E-state index contributed by atoms with van der Waals surface area (Å²) >= 11 is 0. The molecule has 0 unspecified atom stereocenters. The molecule has 0 heterocycles. The highest BCUT2D eigenvalue weighted by Crippen LogP contribution is 2.53. The number of rotatable bonds is 2. The number of carbonyl (C=O) groups excluding carboxylic acids is 3. The van der Waals surface area contributed by atoms with Crippen LogP contribution < -0.4 is 0 Å². The van der Waals surface area contributed by atoms with Crippen LogP contribution in [0, 0.1) is 5.41 Å². The van der Waals surface area contributed by atoms with Gasteiger partial charge in [0.2, 0.25) is 0 Å². The molecule has 3 aliphatic carbocycles. The maximum absolute atomic E-state index is 12.5. The number of Topliss-reactive ketones (excluding diaryl/α,β-unsaturated/α-hetero) is 3. The van der Waals surface area contributed by atoms with E-state index >= 15 is 0 Å². The topological polar surface area (TPSA) is 51.2 Å². The molecule has 0 atom stereocenters. The lowest BCUT2D eigenvalue weighted by Crippen LogP contribution is -2.63. The highest BCUT2D eigenvalue weighted by molar-refractivity contribution is 6.33. The molecule has 2 bridgehead atoms. The van der Waals surface area contributed by atoms with Gasteiger partial charge in [0.25, 0.3) is 0 Å². The van der Waals surface area contributed by atoms with E-state index in [2.05, 4.69) is 0 Å². The van der Waals surface area contributed by atoms with Gasteiger partial charge in [-0.3, -0.25) is 14.4 Å². The van der Waals surface area contributed by atoms with Gasteiger partial charge < -0.3 is 0 Å². The van der Waals surface area contributed by atoms with Gasteiger partial charge in [0.05, 0.1) is 0 Å². The molecular formula is C16H16O3. The number of ketones is 3. The average Bonchev–Trinajstić information content (AvgIpc) is 2.39. The molecule has 0 N–H and O–H groups in total. The molecular weight excluding hydrogens is 240 g/mol. The average molecular weight is 256 g/mol. The van der Waals surface area contributed by atoms with Gasteiger partial charge in [-0.2, -0.15) is 0 Å². The molecule has 19 heavy (non-hydrogen) atoms. The van der Waals surface area contributed by atoms with Crippen LogP contribution in [0.1, 0.15) is 38.2 Å². The second-order valence-electron chi connectivity index (χ2n) is 5.77. The van der Waals surface area contributed by atoms with Gasteiger partial charge in [-0.25, -0.2) is 0 Å². The van der Waals surface area contributed by atoms with E-state index in [-0.39, 0.29) is 17.3 Å². The van der Waals surface area contributed by atoms with E-state index in [1.807, 2.05) is 13.0 Å². The van der Waals surface area contributed by atoms with Crippen LogP contribution in [0.4, 0.5) is 0 Å². The van der Waals surface area contributed by atoms with Crippen LogP contribution >= 0.6 is 0 Å². The van der Waals surface area contributed by atoms with E-state index in [1.165, 1.54) is 0 Å². The molecule has 3 aliphatic rings. The van der Waals surface area contributed by atoms with Gasteiger partial charge in [0.1, 0.15) is 0 Å². The Morgan fingerprint density at radius 2 is 1.37 bits per heavy atom. The first-order valence-corrected chi connectivity index (χ1v) is 6.71. The molecule has 4 rings (SSSR count). The predicted octanol–water partition coefficient (Wildman–Crippen LogP) is 2.23. The zero-order valence-corrected chi connectivity index (χ0v) is 10.9. The lowest BCUT2D eigenvalue weighted by atomic mass is 9.49. The second kappa shape index (κ2) is 3.86. The van der Waals surface area contributed by atoms with Crippen molar-refractivity contribution in [3.05, 3.63) is 35.9 Å².